The number of carbonyl (C=O) groups is 6. The number of hydrogen-bond acceptors (Lipinski definition) is 24. The lowest BCUT2D eigenvalue weighted by Crippen LogP contribution is -2.69. The number of thioether (sulfide) groups is 1. The van der Waals surface area contributed by atoms with Crippen molar-refractivity contribution in [3.63, 3.8) is 0 Å². The molecule has 6 rings (SSSR count). The normalized spacial score (nSPS) is 33.6. The third-order valence-corrected chi connectivity index (χ3v) is 15.6. The topological polar surface area (TPSA) is 286 Å². The lowest BCUT2D eigenvalue weighted by atomic mass is 9.88. The van der Waals surface area contributed by atoms with Crippen LogP contribution in [0.1, 0.15) is 87.3 Å². The van der Waals surface area contributed by atoms with Gasteiger partial charge >= 0.3 is 29.8 Å². The van der Waals surface area contributed by atoms with Gasteiger partial charge in [0.2, 0.25) is 5.91 Å². The molecule has 24 nitrogen and oxygen atoms in total. The maximum Gasteiger partial charge on any atom is 0.303 e. The Balaban J connectivity index is 1.51. The first-order valence-electron chi connectivity index (χ1n) is 27.1. The second-order valence-corrected chi connectivity index (χ2v) is 21.7. The molecular weight excluding hydrogens is 1100 g/mol. The molecule has 25 heteroatoms. The van der Waals surface area contributed by atoms with Gasteiger partial charge in [-0.15, -0.1) is 11.8 Å². The molecule has 0 spiro atoms. The van der Waals surface area contributed by atoms with E-state index in [0.29, 0.717) is 11.5 Å². The maximum absolute atomic E-state index is 13.5. The zero-order valence-electron chi connectivity index (χ0n) is 48.5. The van der Waals surface area contributed by atoms with Crippen molar-refractivity contribution < 1.29 is 105 Å². The molecule has 20 atom stereocenters. The standard InChI is InChI=1S/C57H78N2O22S/c1-28-31(4)72-55(52(71-25-40-16-20-42(67-13)21-17-40)47(28)70-24-39-14-18-41(66-12)19-15-39)80-50-44(27-69-35(8)62)78-57(82-23-22-58)45(59-33(6)60)51(50)81-54-49(30(3)46(74-36(9)63)43(77-54)26-68-34(7)61)79-56-53(76-38(11)65)48(75-37(10)64)29(2)32(5)73-56/h14-21,28-32,43-57H,23-27H2,1-13H3,(H,59,60)/t28-,29-,30?,31?,32?,43?,44?,45?,46-,47?,48?,49?,50-,51?,52+,53?,54+,55+,56+,57+/m1/s1. The van der Waals surface area contributed by atoms with Crippen LogP contribution in [0.5, 0.6) is 11.5 Å². The number of benzene rings is 2. The van der Waals surface area contributed by atoms with Crippen LogP contribution in [-0.4, -0.2) is 173 Å². The molecule has 1 amide bonds. The molecule has 0 bridgehead atoms. The van der Waals surface area contributed by atoms with Crippen molar-refractivity contribution in [2.45, 2.75) is 193 Å². The Morgan fingerprint density at radius 2 is 0.951 bits per heavy atom. The van der Waals surface area contributed by atoms with Gasteiger partial charge < -0.3 is 81.1 Å². The summed E-state index contributed by atoms with van der Waals surface area (Å²) in [5.41, 5.74) is 0.484. The maximum atomic E-state index is 13.5. The van der Waals surface area contributed by atoms with Gasteiger partial charge in [0.1, 0.15) is 79.0 Å². The summed E-state index contributed by atoms with van der Waals surface area (Å²) in [5, 5.41) is 12.9. The molecule has 4 saturated heterocycles. The number of nitrogens with zero attached hydrogens (tertiary/aromatic N) is 1. The Morgan fingerprint density at radius 3 is 1.44 bits per heavy atom. The van der Waals surface area contributed by atoms with Crippen LogP contribution in [-0.2, 0) is 108 Å². The SMILES string of the molecule is COc1ccc(COC2[C@H](C)C(C)O[C@@H](O[C@@H]3C(COC(C)=O)O[C@@H](SCC#N)C(NC(C)=O)C3O[C@@H]3OC(COC(C)=O)[C@H](OC(C)=O)C(C)C3O[C@@H]3OC(C)[C@@H](C)C(OC(C)=O)C3OC(C)=O)[C@H]2OCc2ccc(OC)cc2)cc1. The lowest BCUT2D eigenvalue weighted by molar-refractivity contribution is -0.378. The highest BCUT2D eigenvalue weighted by Gasteiger charge is 2.58. The fourth-order valence-corrected chi connectivity index (χ4v) is 11.1. The molecule has 11 unspecified atom stereocenters. The van der Waals surface area contributed by atoms with Gasteiger partial charge in [-0.25, -0.2) is 0 Å². The van der Waals surface area contributed by atoms with Crippen LogP contribution in [0, 0.1) is 29.1 Å². The molecule has 1 N–H and O–H groups in total. The average Bonchev–Trinajstić information content (AvgIpc) is 2.52. The molecule has 4 heterocycles. The summed E-state index contributed by atoms with van der Waals surface area (Å²) < 4.78 is 101. The minimum Gasteiger partial charge on any atom is -0.497 e. The first kappa shape index (κ1) is 65.5. The van der Waals surface area contributed by atoms with Gasteiger partial charge in [-0.3, -0.25) is 28.8 Å². The van der Waals surface area contributed by atoms with Crippen LogP contribution in [0.3, 0.4) is 0 Å². The van der Waals surface area contributed by atoms with Gasteiger partial charge in [0, 0.05) is 59.3 Å². The van der Waals surface area contributed by atoms with Crippen LogP contribution in [0.25, 0.3) is 0 Å². The summed E-state index contributed by atoms with van der Waals surface area (Å²) >= 11 is 1.01. The highest BCUT2D eigenvalue weighted by molar-refractivity contribution is 8.00. The van der Waals surface area contributed by atoms with E-state index in [1.165, 1.54) is 41.5 Å². The third kappa shape index (κ3) is 17.7. The largest absolute Gasteiger partial charge is 0.497 e. The Kier molecular flexibility index (Phi) is 24.6. The molecule has 0 radical (unpaired) electrons. The highest BCUT2D eigenvalue weighted by Crippen LogP contribution is 2.42. The summed E-state index contributed by atoms with van der Waals surface area (Å²) in [5.74, 6) is -4.74. The van der Waals surface area contributed by atoms with Gasteiger partial charge in [-0.05, 0) is 49.2 Å². The Hall–Kier alpha value is -5.66. The quantitative estimate of drug-likeness (QED) is 0.108. The zero-order valence-corrected chi connectivity index (χ0v) is 49.4. The van der Waals surface area contributed by atoms with Crippen molar-refractivity contribution in [2.24, 2.45) is 17.8 Å². The lowest BCUT2D eigenvalue weighted by Gasteiger charge is -2.52. The number of hydrogen-bond donors (Lipinski definition) is 1. The predicted molar refractivity (Wildman–Crippen MR) is 287 cm³/mol. The summed E-state index contributed by atoms with van der Waals surface area (Å²) in [6, 6.07) is 15.5. The van der Waals surface area contributed by atoms with Gasteiger partial charge in [0.25, 0.3) is 0 Å². The van der Waals surface area contributed by atoms with E-state index in [9.17, 15) is 34.0 Å². The van der Waals surface area contributed by atoms with E-state index in [4.69, 9.17) is 75.8 Å². The molecule has 2 aromatic carbocycles. The Bertz CT molecular complexity index is 2480. The number of ether oxygens (including phenoxy) is 16. The fourth-order valence-electron chi connectivity index (χ4n) is 10.2. The zero-order chi connectivity index (χ0) is 59.9. The van der Waals surface area contributed by atoms with Crippen LogP contribution in [0.15, 0.2) is 48.5 Å². The van der Waals surface area contributed by atoms with Gasteiger partial charge in [-0.1, -0.05) is 45.0 Å². The van der Waals surface area contributed by atoms with Gasteiger partial charge in [0.15, 0.2) is 25.0 Å². The number of nitriles is 1. The van der Waals surface area contributed by atoms with Crippen molar-refractivity contribution in [3.05, 3.63) is 59.7 Å². The number of carbonyl (C=O) groups excluding carboxylic acids is 6. The van der Waals surface area contributed by atoms with Crippen LogP contribution in [0.2, 0.25) is 0 Å². The van der Waals surface area contributed by atoms with Gasteiger partial charge in [0.05, 0.1) is 63.6 Å². The smallest absolute Gasteiger partial charge is 0.303 e. The minimum atomic E-state index is -1.65. The molecule has 2 aromatic rings. The third-order valence-electron chi connectivity index (χ3n) is 14.6. The molecular formula is C57H78N2O22S. The summed E-state index contributed by atoms with van der Waals surface area (Å²) in [6.45, 7) is 15.4. The number of methoxy groups -OCH3 is 2. The van der Waals surface area contributed by atoms with E-state index < -0.39 is 164 Å². The molecule has 0 saturated carbocycles. The van der Waals surface area contributed by atoms with Crippen LogP contribution < -0.4 is 14.8 Å². The Morgan fingerprint density at radius 1 is 0.512 bits per heavy atom. The van der Waals surface area contributed by atoms with Gasteiger partial charge in [-0.2, -0.15) is 5.26 Å². The van der Waals surface area contributed by atoms with E-state index in [0.717, 1.165) is 22.9 Å². The minimum absolute atomic E-state index is 0.0358. The first-order valence-corrected chi connectivity index (χ1v) is 28.2. The number of amides is 1. The molecule has 0 aromatic heterocycles. The molecule has 0 aliphatic carbocycles. The molecule has 4 aliphatic heterocycles. The van der Waals surface area contributed by atoms with Crippen molar-refractivity contribution in [1.82, 2.24) is 5.32 Å². The van der Waals surface area contributed by atoms with Crippen LogP contribution >= 0.6 is 11.8 Å². The number of esters is 5. The molecule has 4 aliphatic rings. The van der Waals surface area contributed by atoms with Crippen LogP contribution in [0.4, 0.5) is 0 Å². The van der Waals surface area contributed by atoms with E-state index in [2.05, 4.69) is 11.4 Å². The summed E-state index contributed by atoms with van der Waals surface area (Å²) in [7, 11) is 3.14. The first-order chi connectivity index (χ1) is 39.0. The van der Waals surface area contributed by atoms with Crippen molar-refractivity contribution in [3.8, 4) is 17.6 Å². The summed E-state index contributed by atoms with van der Waals surface area (Å²) in [4.78, 5) is 77.0. The fraction of sp³-hybridized carbons (Fsp3) is 0.667. The van der Waals surface area contributed by atoms with Crippen molar-refractivity contribution >= 4 is 47.5 Å². The van der Waals surface area contributed by atoms with Crippen molar-refractivity contribution in [2.75, 3.05) is 33.2 Å². The molecule has 4 fully saturated rings. The number of rotatable bonds is 24. The monoisotopic (exact) mass is 1170 g/mol. The predicted octanol–water partition coefficient (Wildman–Crippen LogP) is 4.86. The van der Waals surface area contributed by atoms with E-state index in [-0.39, 0.29) is 24.9 Å². The molecule has 454 valence electrons. The van der Waals surface area contributed by atoms with E-state index >= 15 is 0 Å². The molecule has 82 heavy (non-hydrogen) atoms. The van der Waals surface area contributed by atoms with E-state index in [1.54, 1.807) is 47.1 Å². The second-order valence-electron chi connectivity index (χ2n) is 20.7. The highest BCUT2D eigenvalue weighted by atomic mass is 32.2. The second kappa shape index (κ2) is 30.8. The average molecular weight is 1180 g/mol. The number of nitrogens with one attached hydrogen (secondary N) is 1. The summed E-state index contributed by atoms with van der Waals surface area (Å²) in [6.07, 6.45) is -18.0. The van der Waals surface area contributed by atoms with E-state index in [1.807, 2.05) is 50.2 Å². The van der Waals surface area contributed by atoms with Crippen molar-refractivity contribution in [1.29, 1.82) is 5.26 Å². The Labute approximate surface area is 482 Å².